The fraction of sp³-hybridized carbons (Fsp3) is 0.250. The molecule has 20 heavy (non-hydrogen) atoms. The number of nitrogens with one attached hydrogen (secondary N) is 1. The fourth-order valence-electron chi connectivity index (χ4n) is 1.59. The second-order valence-corrected chi connectivity index (χ2v) is 7.45. The highest BCUT2D eigenvalue weighted by atomic mass is 35.5. The minimum Gasteiger partial charge on any atom is -0.398 e. The van der Waals surface area contributed by atoms with E-state index in [4.69, 9.17) is 17.3 Å². The smallest absolute Gasteiger partial charge is 0.242 e. The fourth-order valence-corrected chi connectivity index (χ4v) is 3.76. The number of rotatable bonds is 5. The van der Waals surface area contributed by atoms with Crippen LogP contribution in [-0.2, 0) is 23.0 Å². The number of aryl methyl sites for hydroxylation is 1. The second-order valence-electron chi connectivity index (χ2n) is 4.08. The van der Waals surface area contributed by atoms with Crippen molar-refractivity contribution in [3.8, 4) is 0 Å². The average molecular weight is 332 g/mol. The number of hydrogen-bond donors (Lipinski definition) is 2. The molecular weight excluding hydrogens is 318 g/mol. The highest BCUT2D eigenvalue weighted by Crippen LogP contribution is 2.22. The van der Waals surface area contributed by atoms with E-state index in [2.05, 4.69) is 9.71 Å². The normalized spacial score (nSPS) is 11.7. The van der Waals surface area contributed by atoms with Crippen molar-refractivity contribution in [2.75, 3.05) is 5.73 Å². The molecule has 2 aromatic rings. The number of halogens is 1. The lowest BCUT2D eigenvalue weighted by Gasteiger charge is -2.08. The van der Waals surface area contributed by atoms with Gasteiger partial charge in [0, 0.05) is 16.1 Å². The van der Waals surface area contributed by atoms with Crippen LogP contribution in [0.15, 0.2) is 29.3 Å². The summed E-state index contributed by atoms with van der Waals surface area (Å²) in [6.45, 7) is 2.17. The number of nitrogens with two attached hydrogens (primary N) is 1. The van der Waals surface area contributed by atoms with Crippen LogP contribution in [0.4, 0.5) is 5.69 Å². The Hall–Kier alpha value is -1.15. The first-order valence-corrected chi connectivity index (χ1v) is 8.58. The molecule has 0 spiro atoms. The summed E-state index contributed by atoms with van der Waals surface area (Å²) in [7, 11) is -3.67. The molecule has 0 bridgehead atoms. The van der Waals surface area contributed by atoms with Crippen LogP contribution in [0.1, 0.15) is 16.8 Å². The van der Waals surface area contributed by atoms with Crippen molar-refractivity contribution < 1.29 is 8.42 Å². The van der Waals surface area contributed by atoms with Gasteiger partial charge in [-0.15, -0.1) is 11.3 Å². The third kappa shape index (κ3) is 3.49. The Morgan fingerprint density at radius 3 is 2.80 bits per heavy atom. The summed E-state index contributed by atoms with van der Waals surface area (Å²) in [6, 6.07) is 4.29. The van der Waals surface area contributed by atoms with Crippen LogP contribution < -0.4 is 10.5 Å². The first kappa shape index (κ1) is 15.2. The van der Waals surface area contributed by atoms with Gasteiger partial charge in [-0.1, -0.05) is 18.5 Å². The van der Waals surface area contributed by atoms with Gasteiger partial charge in [0.1, 0.15) is 9.90 Å². The molecule has 0 fully saturated rings. The molecule has 2 rings (SSSR count). The van der Waals surface area contributed by atoms with Crippen molar-refractivity contribution in [1.82, 2.24) is 9.71 Å². The summed E-state index contributed by atoms with van der Waals surface area (Å²) >= 11 is 7.24. The molecule has 5 nitrogen and oxygen atoms in total. The van der Waals surface area contributed by atoms with Gasteiger partial charge in [-0.05, 0) is 24.6 Å². The molecule has 0 atom stereocenters. The Morgan fingerprint density at radius 2 is 2.20 bits per heavy atom. The zero-order valence-corrected chi connectivity index (χ0v) is 13.1. The molecule has 0 saturated carbocycles. The van der Waals surface area contributed by atoms with Crippen LogP contribution in [-0.4, -0.2) is 13.4 Å². The molecule has 8 heteroatoms. The molecule has 0 radical (unpaired) electrons. The van der Waals surface area contributed by atoms with Crippen LogP contribution in [0.5, 0.6) is 0 Å². The van der Waals surface area contributed by atoms with Crippen molar-refractivity contribution in [2.45, 2.75) is 24.8 Å². The molecule has 108 valence electrons. The topological polar surface area (TPSA) is 85.1 Å². The van der Waals surface area contributed by atoms with Gasteiger partial charge < -0.3 is 5.73 Å². The van der Waals surface area contributed by atoms with E-state index in [1.165, 1.54) is 29.5 Å². The van der Waals surface area contributed by atoms with Crippen molar-refractivity contribution in [3.63, 3.8) is 0 Å². The number of hydrogen-bond acceptors (Lipinski definition) is 5. The van der Waals surface area contributed by atoms with Gasteiger partial charge >= 0.3 is 0 Å². The van der Waals surface area contributed by atoms with E-state index in [1.807, 2.05) is 6.92 Å². The number of sulfonamides is 1. The van der Waals surface area contributed by atoms with Crippen molar-refractivity contribution in [1.29, 1.82) is 0 Å². The van der Waals surface area contributed by atoms with Crippen LogP contribution in [0.25, 0.3) is 0 Å². The quantitative estimate of drug-likeness (QED) is 0.824. The standard InChI is InChI=1S/C12H14ClN3O2S2/c1-2-9-6-15-12(19-9)7-16-20(17,18)11-4-3-8(13)5-10(11)14/h3-6,16H,2,7,14H2,1H3. The Balaban J connectivity index is 2.14. The predicted octanol–water partition coefficient (Wildman–Crippen LogP) is 2.42. The molecule has 1 aromatic heterocycles. The van der Waals surface area contributed by atoms with Gasteiger partial charge in [0.2, 0.25) is 10.0 Å². The van der Waals surface area contributed by atoms with Crippen molar-refractivity contribution in [2.24, 2.45) is 0 Å². The minimum atomic E-state index is -3.67. The van der Waals surface area contributed by atoms with Crippen LogP contribution in [0.3, 0.4) is 0 Å². The third-order valence-electron chi connectivity index (χ3n) is 2.62. The molecule has 1 heterocycles. The summed E-state index contributed by atoms with van der Waals surface area (Å²) in [5.74, 6) is 0. The number of benzene rings is 1. The Morgan fingerprint density at radius 1 is 1.45 bits per heavy atom. The summed E-state index contributed by atoms with van der Waals surface area (Å²) < 4.78 is 26.8. The summed E-state index contributed by atoms with van der Waals surface area (Å²) in [5.41, 5.74) is 5.81. The number of anilines is 1. The molecule has 0 aliphatic carbocycles. The molecule has 3 N–H and O–H groups in total. The first-order valence-electron chi connectivity index (χ1n) is 5.90. The van der Waals surface area contributed by atoms with E-state index in [-0.39, 0.29) is 17.1 Å². The summed E-state index contributed by atoms with van der Waals surface area (Å²) in [5, 5.41) is 1.12. The largest absolute Gasteiger partial charge is 0.398 e. The molecule has 0 aliphatic rings. The van der Waals surface area contributed by atoms with Crippen LogP contribution >= 0.6 is 22.9 Å². The average Bonchev–Trinajstić information content (AvgIpc) is 2.84. The highest BCUT2D eigenvalue weighted by Gasteiger charge is 2.17. The molecule has 0 amide bonds. The van der Waals surface area contributed by atoms with Gasteiger partial charge in [0.15, 0.2) is 0 Å². The number of aromatic nitrogens is 1. The number of thiazole rings is 1. The Labute approximate surface area is 126 Å². The first-order chi connectivity index (χ1) is 9.42. The van der Waals surface area contributed by atoms with Crippen molar-refractivity contribution in [3.05, 3.63) is 39.3 Å². The van der Waals surface area contributed by atoms with Gasteiger partial charge in [0.25, 0.3) is 0 Å². The van der Waals surface area contributed by atoms with E-state index >= 15 is 0 Å². The SMILES string of the molecule is CCc1cnc(CNS(=O)(=O)c2ccc(Cl)cc2N)s1. The maximum absolute atomic E-state index is 12.2. The minimum absolute atomic E-state index is 0.0224. The summed E-state index contributed by atoms with van der Waals surface area (Å²) in [6.07, 6.45) is 2.64. The number of nitrogen functional groups attached to an aromatic ring is 1. The molecule has 0 unspecified atom stereocenters. The van der Waals surface area contributed by atoms with E-state index in [0.717, 1.165) is 16.3 Å². The summed E-state index contributed by atoms with van der Waals surface area (Å²) in [4.78, 5) is 5.30. The molecule has 1 aromatic carbocycles. The Kier molecular flexibility index (Phi) is 4.64. The lowest BCUT2D eigenvalue weighted by molar-refractivity contribution is 0.581. The van der Waals surface area contributed by atoms with E-state index in [0.29, 0.717) is 5.02 Å². The van der Waals surface area contributed by atoms with E-state index in [1.54, 1.807) is 6.20 Å². The highest BCUT2D eigenvalue weighted by molar-refractivity contribution is 7.89. The predicted molar refractivity (Wildman–Crippen MR) is 81.4 cm³/mol. The Bertz CT molecular complexity index is 713. The monoisotopic (exact) mass is 331 g/mol. The lowest BCUT2D eigenvalue weighted by Crippen LogP contribution is -2.24. The van der Waals surface area contributed by atoms with Gasteiger partial charge in [-0.2, -0.15) is 0 Å². The van der Waals surface area contributed by atoms with Crippen LogP contribution in [0.2, 0.25) is 5.02 Å². The lowest BCUT2D eigenvalue weighted by atomic mass is 10.3. The molecule has 0 aliphatic heterocycles. The molecule has 0 saturated heterocycles. The van der Waals surface area contributed by atoms with Gasteiger partial charge in [-0.3, -0.25) is 0 Å². The van der Waals surface area contributed by atoms with Gasteiger partial charge in [0.05, 0.1) is 12.2 Å². The van der Waals surface area contributed by atoms with E-state index in [9.17, 15) is 8.42 Å². The van der Waals surface area contributed by atoms with Crippen molar-refractivity contribution >= 4 is 38.6 Å². The van der Waals surface area contributed by atoms with E-state index < -0.39 is 10.0 Å². The zero-order chi connectivity index (χ0) is 14.8. The zero-order valence-electron chi connectivity index (χ0n) is 10.8. The molecular formula is C12H14ClN3O2S2. The maximum atomic E-state index is 12.2. The maximum Gasteiger partial charge on any atom is 0.242 e. The number of nitrogens with zero attached hydrogens (tertiary/aromatic N) is 1. The third-order valence-corrected chi connectivity index (χ3v) is 5.48. The second kappa shape index (κ2) is 6.09. The van der Waals surface area contributed by atoms with Gasteiger partial charge in [-0.25, -0.2) is 18.1 Å². The van der Waals surface area contributed by atoms with Crippen LogP contribution in [0, 0.1) is 0 Å².